The van der Waals surface area contributed by atoms with Crippen LogP contribution in [0.1, 0.15) is 5.56 Å². The lowest BCUT2D eigenvalue weighted by molar-refractivity contribution is -0.154. The third kappa shape index (κ3) is 5.85. The van der Waals surface area contributed by atoms with Gasteiger partial charge in [0, 0.05) is 25.4 Å². The minimum atomic E-state index is -4.49. The number of alkyl halides is 3. The maximum Gasteiger partial charge on any atom is 0.422 e. The molecule has 0 aliphatic rings. The highest BCUT2D eigenvalue weighted by molar-refractivity contribution is 7.87. The Hall–Kier alpha value is -1.39. The van der Waals surface area contributed by atoms with Crippen LogP contribution in [0.25, 0.3) is 0 Å². The highest BCUT2D eigenvalue weighted by Gasteiger charge is 2.29. The fraction of sp³-hybridized carbons (Fsp3) is 0.444. The number of nitrogens with zero attached hydrogens (tertiary/aromatic N) is 1. The molecule has 1 heterocycles. The van der Waals surface area contributed by atoms with Crippen LogP contribution in [0.5, 0.6) is 5.88 Å². The van der Waals surface area contributed by atoms with Crippen LogP contribution in [0, 0.1) is 0 Å². The smallest absolute Gasteiger partial charge is 0.422 e. The predicted molar refractivity (Wildman–Crippen MR) is 60.6 cm³/mol. The van der Waals surface area contributed by atoms with Crippen molar-refractivity contribution >= 4 is 10.2 Å². The summed E-state index contributed by atoms with van der Waals surface area (Å²) < 4.78 is 67.0. The maximum atomic E-state index is 12.0. The van der Waals surface area contributed by atoms with E-state index in [4.69, 9.17) is 0 Å². The van der Waals surface area contributed by atoms with Gasteiger partial charge in [-0.1, -0.05) is 6.07 Å². The minimum absolute atomic E-state index is 0.200. The van der Waals surface area contributed by atoms with Gasteiger partial charge in [-0.3, -0.25) is 0 Å². The summed E-state index contributed by atoms with van der Waals surface area (Å²) in [5, 5.41) is 0. The number of ether oxygens (including phenoxy) is 1. The highest BCUT2D eigenvalue weighted by atomic mass is 32.2. The molecule has 2 N–H and O–H groups in total. The van der Waals surface area contributed by atoms with Gasteiger partial charge >= 0.3 is 6.18 Å². The summed E-state index contributed by atoms with van der Waals surface area (Å²) in [5.74, 6) is -0.265. The van der Waals surface area contributed by atoms with E-state index in [0.29, 0.717) is 0 Å². The summed E-state index contributed by atoms with van der Waals surface area (Å²) >= 11 is 0. The van der Waals surface area contributed by atoms with Crippen LogP contribution in [-0.2, 0) is 16.8 Å². The molecule has 0 aliphatic heterocycles. The van der Waals surface area contributed by atoms with E-state index in [1.807, 2.05) is 4.72 Å². The predicted octanol–water partition coefficient (Wildman–Crippen LogP) is 0.576. The molecule has 1 aromatic rings. The lowest BCUT2D eigenvalue weighted by atomic mass is 10.3. The van der Waals surface area contributed by atoms with Crippen LogP contribution in [0.2, 0.25) is 0 Å². The largest absolute Gasteiger partial charge is 0.468 e. The van der Waals surface area contributed by atoms with Crippen LogP contribution in [-0.4, -0.2) is 33.2 Å². The summed E-state index contributed by atoms with van der Waals surface area (Å²) in [6.45, 7) is -1.72. The highest BCUT2D eigenvalue weighted by Crippen LogP contribution is 2.19. The molecule has 6 nitrogen and oxygen atoms in total. The molecule has 0 radical (unpaired) electrons. The first kappa shape index (κ1) is 15.7. The van der Waals surface area contributed by atoms with E-state index in [0.717, 1.165) is 0 Å². The Morgan fingerprint density at radius 1 is 1.42 bits per heavy atom. The molecule has 0 unspecified atom stereocenters. The summed E-state index contributed by atoms with van der Waals surface area (Å²) in [7, 11) is -2.48. The van der Waals surface area contributed by atoms with E-state index in [1.54, 1.807) is 0 Å². The van der Waals surface area contributed by atoms with Gasteiger partial charge in [-0.05, 0) is 6.07 Å². The van der Waals surface area contributed by atoms with Gasteiger partial charge in [0.25, 0.3) is 10.2 Å². The third-order valence-electron chi connectivity index (χ3n) is 1.94. The van der Waals surface area contributed by atoms with Crippen molar-refractivity contribution < 1.29 is 26.3 Å². The van der Waals surface area contributed by atoms with Gasteiger partial charge in [0.1, 0.15) is 0 Å². The zero-order valence-electron chi connectivity index (χ0n) is 9.86. The molecule has 0 aliphatic carbocycles. The summed E-state index contributed by atoms with van der Waals surface area (Å²) in [6.07, 6.45) is -3.24. The monoisotopic (exact) mass is 299 g/mol. The molecule has 19 heavy (non-hydrogen) atoms. The van der Waals surface area contributed by atoms with E-state index >= 15 is 0 Å². The molecule has 0 aromatic carbocycles. The average molecular weight is 299 g/mol. The number of hydrogen-bond acceptors (Lipinski definition) is 4. The first-order valence-corrected chi connectivity index (χ1v) is 6.53. The molecule has 0 amide bonds. The number of hydrogen-bond donors (Lipinski definition) is 2. The van der Waals surface area contributed by atoms with Crippen molar-refractivity contribution in [2.75, 3.05) is 13.7 Å². The zero-order valence-corrected chi connectivity index (χ0v) is 10.7. The van der Waals surface area contributed by atoms with Crippen LogP contribution in [0.4, 0.5) is 13.2 Å². The first-order chi connectivity index (χ1) is 8.73. The lowest BCUT2D eigenvalue weighted by Crippen LogP contribution is -2.33. The van der Waals surface area contributed by atoms with Gasteiger partial charge in [-0.15, -0.1) is 0 Å². The normalized spacial score (nSPS) is 12.4. The Bertz CT molecular complexity index is 519. The van der Waals surface area contributed by atoms with Gasteiger partial charge in [0.05, 0.1) is 0 Å². The number of rotatable bonds is 6. The van der Waals surface area contributed by atoms with E-state index in [9.17, 15) is 21.6 Å². The molecule has 1 aromatic heterocycles. The minimum Gasteiger partial charge on any atom is -0.468 e. The summed E-state index contributed by atoms with van der Waals surface area (Å²) in [6, 6.07) is 2.88. The Labute approximate surface area is 108 Å². The topological polar surface area (TPSA) is 80.3 Å². The van der Waals surface area contributed by atoms with E-state index in [2.05, 4.69) is 14.4 Å². The fourth-order valence-corrected chi connectivity index (χ4v) is 1.57. The van der Waals surface area contributed by atoms with Gasteiger partial charge in [-0.25, -0.2) is 9.71 Å². The fourth-order valence-electron chi connectivity index (χ4n) is 1.08. The van der Waals surface area contributed by atoms with Gasteiger partial charge in [0.2, 0.25) is 5.88 Å². The van der Waals surface area contributed by atoms with Crippen molar-refractivity contribution in [1.82, 2.24) is 14.4 Å². The average Bonchev–Trinajstić information content (AvgIpc) is 2.34. The molecule has 1 rings (SSSR count). The molecule has 108 valence electrons. The molecule has 0 atom stereocenters. The number of pyridine rings is 1. The van der Waals surface area contributed by atoms with E-state index in [1.165, 1.54) is 25.4 Å². The zero-order chi connectivity index (χ0) is 14.5. The first-order valence-electron chi connectivity index (χ1n) is 5.05. The Morgan fingerprint density at radius 3 is 2.68 bits per heavy atom. The second kappa shape index (κ2) is 6.17. The van der Waals surface area contributed by atoms with Gasteiger partial charge in [-0.2, -0.15) is 26.3 Å². The van der Waals surface area contributed by atoms with Crippen molar-refractivity contribution in [2.45, 2.75) is 12.7 Å². The molecule has 0 spiro atoms. The maximum absolute atomic E-state index is 12.0. The SMILES string of the molecule is CNS(=O)(=O)NCc1cccnc1OCC(F)(F)F. The standard InChI is InChI=1S/C9H12F3N3O3S/c1-13-19(16,17)15-5-7-3-2-4-14-8(7)18-6-9(10,11)12/h2-4,13,15H,5-6H2,1H3. The Balaban J connectivity index is 2.73. The Kier molecular flexibility index (Phi) is 5.09. The summed E-state index contributed by atoms with van der Waals surface area (Å²) in [5.41, 5.74) is 0.200. The molecular weight excluding hydrogens is 287 g/mol. The molecule has 0 bridgehead atoms. The second-order valence-corrected chi connectivity index (χ2v) is 5.10. The molecule has 0 saturated carbocycles. The second-order valence-electron chi connectivity index (χ2n) is 3.40. The number of nitrogens with one attached hydrogen (secondary N) is 2. The van der Waals surface area contributed by atoms with Crippen molar-refractivity contribution in [3.05, 3.63) is 23.9 Å². The van der Waals surface area contributed by atoms with Crippen LogP contribution < -0.4 is 14.2 Å². The third-order valence-corrected chi connectivity index (χ3v) is 3.01. The molecule has 0 saturated heterocycles. The van der Waals surface area contributed by atoms with Crippen molar-refractivity contribution in [2.24, 2.45) is 0 Å². The van der Waals surface area contributed by atoms with Gasteiger partial charge < -0.3 is 4.74 Å². The molecular formula is C9H12F3N3O3S. The molecule has 0 fully saturated rings. The Morgan fingerprint density at radius 2 is 2.11 bits per heavy atom. The van der Waals surface area contributed by atoms with Crippen molar-refractivity contribution in [1.29, 1.82) is 0 Å². The number of halogens is 3. The quantitative estimate of drug-likeness (QED) is 0.805. The van der Waals surface area contributed by atoms with Crippen LogP contribution in [0.15, 0.2) is 18.3 Å². The van der Waals surface area contributed by atoms with Crippen molar-refractivity contribution in [3.63, 3.8) is 0 Å². The number of aromatic nitrogens is 1. The van der Waals surface area contributed by atoms with Gasteiger partial charge in [0.15, 0.2) is 6.61 Å². The summed E-state index contributed by atoms with van der Waals surface area (Å²) in [4.78, 5) is 3.63. The molecule has 10 heteroatoms. The van der Waals surface area contributed by atoms with Crippen LogP contribution >= 0.6 is 0 Å². The van der Waals surface area contributed by atoms with Crippen molar-refractivity contribution in [3.8, 4) is 5.88 Å². The van der Waals surface area contributed by atoms with Crippen LogP contribution in [0.3, 0.4) is 0 Å². The lowest BCUT2D eigenvalue weighted by Gasteiger charge is -2.12. The van der Waals surface area contributed by atoms with E-state index in [-0.39, 0.29) is 18.0 Å². The van der Waals surface area contributed by atoms with E-state index < -0.39 is 23.0 Å².